The van der Waals surface area contributed by atoms with Crippen LogP contribution in [0.2, 0.25) is 0 Å². The molecule has 37 heavy (non-hydrogen) atoms. The number of para-hydroxylation sites is 1. The van der Waals surface area contributed by atoms with Gasteiger partial charge in [-0.2, -0.15) is 0 Å². The second kappa shape index (κ2) is 10.2. The maximum absolute atomic E-state index is 13.6. The van der Waals surface area contributed by atoms with E-state index in [1.54, 1.807) is 0 Å². The summed E-state index contributed by atoms with van der Waals surface area (Å²) in [7, 11) is 0. The molecule has 0 radical (unpaired) electrons. The molecule has 4 N–H and O–H groups in total. The summed E-state index contributed by atoms with van der Waals surface area (Å²) in [4.78, 5) is 15.6. The van der Waals surface area contributed by atoms with Gasteiger partial charge in [-0.15, -0.1) is 10.2 Å². The Labute approximate surface area is 217 Å². The molecule has 0 spiro atoms. The van der Waals surface area contributed by atoms with Crippen LogP contribution in [-0.2, 0) is 12.0 Å². The third-order valence-electron chi connectivity index (χ3n) is 7.14. The van der Waals surface area contributed by atoms with E-state index in [2.05, 4.69) is 17.1 Å². The lowest BCUT2D eigenvalue weighted by Crippen LogP contribution is -2.35. The quantitative estimate of drug-likeness (QED) is 0.331. The van der Waals surface area contributed by atoms with Crippen molar-refractivity contribution >= 4 is 11.6 Å². The zero-order valence-electron chi connectivity index (χ0n) is 21.4. The predicted octanol–water partition coefficient (Wildman–Crippen LogP) is 5.42. The van der Waals surface area contributed by atoms with Crippen molar-refractivity contribution in [2.45, 2.75) is 51.1 Å². The molecule has 2 atom stereocenters. The Morgan fingerprint density at radius 1 is 1.05 bits per heavy atom. The molecule has 1 fully saturated rings. The van der Waals surface area contributed by atoms with E-state index in [0.29, 0.717) is 35.0 Å². The summed E-state index contributed by atoms with van der Waals surface area (Å²) >= 11 is 0. The standard InChI is InChI=1S/C30H33N5O2/c1-3-24-12-9-15-35(24)28(36)23-17-21(25-13-7-8-14-26(25)31)16-22(18-23)27-33-34-29(37-27)30(2,32)19-20-10-5-4-6-11-20/h4-8,10-11,13-14,16-18,24H,3,9,12,15,19,31-32H2,1-2H3/t24?,30-/m1/s1. The Bertz CT molecular complexity index is 1400. The van der Waals surface area contributed by atoms with Crippen LogP contribution in [-0.4, -0.2) is 33.6 Å². The van der Waals surface area contributed by atoms with Gasteiger partial charge in [0.05, 0.1) is 5.54 Å². The Hall–Kier alpha value is -3.97. The van der Waals surface area contributed by atoms with Gasteiger partial charge in [0.15, 0.2) is 0 Å². The fourth-order valence-corrected chi connectivity index (χ4v) is 5.15. The van der Waals surface area contributed by atoms with Crippen LogP contribution in [0.3, 0.4) is 0 Å². The molecule has 1 aliphatic heterocycles. The second-order valence-electron chi connectivity index (χ2n) is 10.1. The van der Waals surface area contributed by atoms with E-state index < -0.39 is 5.54 Å². The predicted molar refractivity (Wildman–Crippen MR) is 146 cm³/mol. The van der Waals surface area contributed by atoms with Gasteiger partial charge in [-0.05, 0) is 68.0 Å². The zero-order valence-corrected chi connectivity index (χ0v) is 21.4. The highest BCUT2D eigenvalue weighted by molar-refractivity contribution is 5.98. The third-order valence-corrected chi connectivity index (χ3v) is 7.14. The number of nitrogen functional groups attached to an aromatic ring is 1. The van der Waals surface area contributed by atoms with Crippen molar-refractivity contribution in [3.63, 3.8) is 0 Å². The topological polar surface area (TPSA) is 111 Å². The molecule has 7 heteroatoms. The fourth-order valence-electron chi connectivity index (χ4n) is 5.15. The highest BCUT2D eigenvalue weighted by Gasteiger charge is 2.31. The average molecular weight is 496 g/mol. The van der Waals surface area contributed by atoms with Gasteiger partial charge in [-0.3, -0.25) is 4.79 Å². The number of aromatic nitrogens is 2. The molecule has 0 aliphatic carbocycles. The summed E-state index contributed by atoms with van der Waals surface area (Å²) in [6, 6.07) is 23.5. The number of anilines is 1. The summed E-state index contributed by atoms with van der Waals surface area (Å²) in [5, 5.41) is 8.62. The van der Waals surface area contributed by atoms with E-state index in [0.717, 1.165) is 42.5 Å². The lowest BCUT2D eigenvalue weighted by molar-refractivity contribution is 0.0733. The normalized spacial score (nSPS) is 17.1. The monoisotopic (exact) mass is 495 g/mol. The number of carbonyl (C=O) groups is 1. The molecule has 1 amide bonds. The van der Waals surface area contributed by atoms with Gasteiger partial charge in [0.25, 0.3) is 5.91 Å². The van der Waals surface area contributed by atoms with Crippen LogP contribution in [0.5, 0.6) is 0 Å². The fraction of sp³-hybridized carbons (Fsp3) is 0.300. The Morgan fingerprint density at radius 2 is 1.78 bits per heavy atom. The van der Waals surface area contributed by atoms with Gasteiger partial charge in [0.1, 0.15) is 0 Å². The molecular weight excluding hydrogens is 462 g/mol. The van der Waals surface area contributed by atoms with E-state index in [1.807, 2.05) is 84.6 Å². The van der Waals surface area contributed by atoms with Crippen LogP contribution < -0.4 is 11.5 Å². The van der Waals surface area contributed by atoms with Crippen molar-refractivity contribution in [1.82, 2.24) is 15.1 Å². The minimum atomic E-state index is -0.851. The van der Waals surface area contributed by atoms with Gasteiger partial charge in [-0.25, -0.2) is 0 Å². The molecule has 190 valence electrons. The number of nitrogens with zero attached hydrogens (tertiary/aromatic N) is 3. The highest BCUT2D eigenvalue weighted by atomic mass is 16.4. The van der Waals surface area contributed by atoms with Crippen LogP contribution in [0.4, 0.5) is 5.69 Å². The zero-order chi connectivity index (χ0) is 26.0. The van der Waals surface area contributed by atoms with Gasteiger partial charge >= 0.3 is 0 Å². The molecule has 1 unspecified atom stereocenters. The second-order valence-corrected chi connectivity index (χ2v) is 10.1. The molecule has 1 saturated heterocycles. The summed E-state index contributed by atoms with van der Waals surface area (Å²) < 4.78 is 6.13. The van der Waals surface area contributed by atoms with E-state index in [1.165, 1.54) is 0 Å². The van der Waals surface area contributed by atoms with Gasteiger partial charge in [0.2, 0.25) is 11.8 Å². The van der Waals surface area contributed by atoms with Crippen LogP contribution in [0.1, 0.15) is 54.9 Å². The average Bonchev–Trinajstić information content (AvgIpc) is 3.59. The summed E-state index contributed by atoms with van der Waals surface area (Å²) in [5.74, 6) is 0.669. The maximum atomic E-state index is 13.6. The first-order chi connectivity index (χ1) is 17.9. The number of likely N-dealkylation sites (tertiary alicyclic amines) is 1. The maximum Gasteiger partial charge on any atom is 0.254 e. The molecular formula is C30H33N5O2. The van der Waals surface area contributed by atoms with Crippen molar-refractivity contribution in [2.75, 3.05) is 12.3 Å². The Morgan fingerprint density at radius 3 is 2.54 bits per heavy atom. The van der Waals surface area contributed by atoms with Crippen LogP contribution in [0.15, 0.2) is 77.2 Å². The van der Waals surface area contributed by atoms with Gasteiger partial charge < -0.3 is 20.8 Å². The number of carbonyl (C=O) groups excluding carboxylic acids is 1. The Balaban J connectivity index is 1.54. The van der Waals surface area contributed by atoms with Crippen molar-refractivity contribution in [1.29, 1.82) is 0 Å². The van der Waals surface area contributed by atoms with Crippen LogP contribution in [0.25, 0.3) is 22.6 Å². The number of nitrogens with two attached hydrogens (primary N) is 2. The van der Waals surface area contributed by atoms with E-state index in [4.69, 9.17) is 15.9 Å². The van der Waals surface area contributed by atoms with Gasteiger partial charge in [-0.1, -0.05) is 55.5 Å². The summed E-state index contributed by atoms with van der Waals surface area (Å²) in [5.41, 5.74) is 16.7. The molecule has 1 aliphatic rings. The van der Waals surface area contributed by atoms with Crippen LogP contribution >= 0.6 is 0 Å². The first-order valence-electron chi connectivity index (χ1n) is 12.8. The largest absolute Gasteiger partial charge is 0.419 e. The molecule has 5 rings (SSSR count). The molecule has 2 heterocycles. The minimum Gasteiger partial charge on any atom is -0.419 e. The molecule has 1 aromatic heterocycles. The smallest absolute Gasteiger partial charge is 0.254 e. The third kappa shape index (κ3) is 5.13. The summed E-state index contributed by atoms with van der Waals surface area (Å²) in [6.45, 7) is 4.77. The van der Waals surface area contributed by atoms with Crippen molar-refractivity contribution in [2.24, 2.45) is 5.73 Å². The minimum absolute atomic E-state index is 0.00873. The van der Waals surface area contributed by atoms with Crippen molar-refractivity contribution in [3.8, 4) is 22.6 Å². The SMILES string of the molecule is CCC1CCCN1C(=O)c1cc(-c2nnc([C@](C)(N)Cc3ccccc3)o2)cc(-c2ccccc2N)c1. The molecule has 3 aromatic carbocycles. The number of benzene rings is 3. The first-order valence-corrected chi connectivity index (χ1v) is 12.8. The van der Waals surface area contributed by atoms with Crippen LogP contribution in [0, 0.1) is 0 Å². The van der Waals surface area contributed by atoms with E-state index >= 15 is 0 Å². The van der Waals surface area contributed by atoms with Crippen molar-refractivity contribution < 1.29 is 9.21 Å². The number of hydrogen-bond acceptors (Lipinski definition) is 6. The van der Waals surface area contributed by atoms with Gasteiger partial charge in [0, 0.05) is 35.0 Å². The highest BCUT2D eigenvalue weighted by Crippen LogP contribution is 2.33. The lowest BCUT2D eigenvalue weighted by Gasteiger charge is -2.24. The Kier molecular flexibility index (Phi) is 6.80. The molecule has 4 aromatic rings. The first kappa shape index (κ1) is 24.7. The van der Waals surface area contributed by atoms with Crippen molar-refractivity contribution in [3.05, 3.63) is 89.8 Å². The molecule has 0 saturated carbocycles. The summed E-state index contributed by atoms with van der Waals surface area (Å²) in [6.07, 6.45) is 3.54. The molecule has 0 bridgehead atoms. The van der Waals surface area contributed by atoms with E-state index in [9.17, 15) is 4.79 Å². The number of rotatable bonds is 7. The molecule has 7 nitrogen and oxygen atoms in total. The number of hydrogen-bond donors (Lipinski definition) is 2. The lowest BCUT2D eigenvalue weighted by atomic mass is 9.94. The van der Waals surface area contributed by atoms with E-state index in [-0.39, 0.29) is 11.9 Å². The number of amides is 1.